The summed E-state index contributed by atoms with van der Waals surface area (Å²) in [5, 5.41) is 3.06. The Balaban J connectivity index is 1.80. The highest BCUT2D eigenvalue weighted by Crippen LogP contribution is 2.30. The first-order valence-corrected chi connectivity index (χ1v) is 6.69. The maximum absolute atomic E-state index is 13.0. The van der Waals surface area contributed by atoms with Crippen LogP contribution in [0.5, 0.6) is 0 Å². The number of anilines is 1. The zero-order valence-electron chi connectivity index (χ0n) is 9.87. The average Bonchev–Trinajstić information content (AvgIpc) is 2.88. The van der Waals surface area contributed by atoms with Crippen molar-refractivity contribution in [2.45, 2.75) is 19.3 Å². The van der Waals surface area contributed by atoms with Crippen molar-refractivity contribution in [3.63, 3.8) is 0 Å². The summed E-state index contributed by atoms with van der Waals surface area (Å²) in [5.41, 5.74) is 0.971. The minimum absolute atomic E-state index is 0.0483. The largest absolute Gasteiger partial charge is 0.298 e. The van der Waals surface area contributed by atoms with E-state index in [9.17, 15) is 13.6 Å². The maximum Gasteiger partial charge on any atom is 0.257 e. The topological polar surface area (TPSA) is 42.0 Å². The first kappa shape index (κ1) is 12.2. The number of hydrogen-bond acceptors (Lipinski definition) is 3. The van der Waals surface area contributed by atoms with E-state index in [0.29, 0.717) is 5.13 Å². The van der Waals surface area contributed by atoms with E-state index in [0.717, 1.165) is 43.2 Å². The van der Waals surface area contributed by atoms with Gasteiger partial charge in [-0.15, -0.1) is 11.3 Å². The lowest BCUT2D eigenvalue weighted by Gasteiger charge is -2.02. The van der Waals surface area contributed by atoms with Crippen molar-refractivity contribution in [1.29, 1.82) is 0 Å². The molecule has 1 amide bonds. The molecular formula is C13H10F2N2OS. The van der Waals surface area contributed by atoms with Crippen LogP contribution in [0.4, 0.5) is 13.9 Å². The third-order valence-corrected chi connectivity index (χ3v) is 4.01. The van der Waals surface area contributed by atoms with Crippen molar-refractivity contribution in [2.24, 2.45) is 0 Å². The molecule has 0 fully saturated rings. The van der Waals surface area contributed by atoms with Crippen LogP contribution in [0.3, 0.4) is 0 Å². The quantitative estimate of drug-likeness (QED) is 0.918. The summed E-state index contributed by atoms with van der Waals surface area (Å²) in [6.07, 6.45) is 3.01. The van der Waals surface area contributed by atoms with Gasteiger partial charge in [0.2, 0.25) is 0 Å². The van der Waals surface area contributed by atoms with Crippen LogP contribution < -0.4 is 5.32 Å². The molecule has 3 nitrogen and oxygen atoms in total. The molecule has 0 aliphatic heterocycles. The highest BCUT2D eigenvalue weighted by molar-refractivity contribution is 7.15. The molecule has 0 atom stereocenters. The van der Waals surface area contributed by atoms with Crippen LogP contribution in [0.1, 0.15) is 27.3 Å². The van der Waals surface area contributed by atoms with Crippen molar-refractivity contribution in [1.82, 2.24) is 4.98 Å². The summed E-state index contributed by atoms with van der Waals surface area (Å²) in [6.45, 7) is 0. The molecule has 0 spiro atoms. The van der Waals surface area contributed by atoms with E-state index in [-0.39, 0.29) is 5.56 Å². The summed E-state index contributed by atoms with van der Waals surface area (Å²) in [7, 11) is 0. The van der Waals surface area contributed by atoms with E-state index in [4.69, 9.17) is 0 Å². The number of carbonyl (C=O) groups excluding carboxylic acids is 1. The van der Waals surface area contributed by atoms with Crippen LogP contribution in [0.15, 0.2) is 18.2 Å². The van der Waals surface area contributed by atoms with E-state index in [1.807, 2.05) is 0 Å². The SMILES string of the molecule is O=C(Nc1nc2c(s1)CCC2)c1cc(F)cc(F)c1. The number of amides is 1. The number of aromatic nitrogens is 1. The zero-order valence-corrected chi connectivity index (χ0v) is 10.7. The summed E-state index contributed by atoms with van der Waals surface area (Å²) < 4.78 is 26.1. The molecule has 3 rings (SSSR count). The fourth-order valence-corrected chi connectivity index (χ4v) is 3.14. The van der Waals surface area contributed by atoms with E-state index in [2.05, 4.69) is 10.3 Å². The molecule has 0 bridgehead atoms. The normalized spacial score (nSPS) is 13.4. The maximum atomic E-state index is 13.0. The Kier molecular flexibility index (Phi) is 3.02. The second-order valence-electron chi connectivity index (χ2n) is 4.35. The van der Waals surface area contributed by atoms with E-state index >= 15 is 0 Å². The minimum atomic E-state index is -0.771. The van der Waals surface area contributed by atoms with Crippen LogP contribution in [-0.2, 0) is 12.8 Å². The van der Waals surface area contributed by atoms with Gasteiger partial charge in [-0.25, -0.2) is 13.8 Å². The molecule has 19 heavy (non-hydrogen) atoms. The number of aryl methyl sites for hydroxylation is 2. The van der Waals surface area contributed by atoms with E-state index < -0.39 is 17.5 Å². The fourth-order valence-electron chi connectivity index (χ4n) is 2.10. The van der Waals surface area contributed by atoms with Crippen LogP contribution in [0, 0.1) is 11.6 Å². The van der Waals surface area contributed by atoms with Gasteiger partial charge in [0.15, 0.2) is 5.13 Å². The molecule has 1 heterocycles. The first-order valence-electron chi connectivity index (χ1n) is 5.88. The smallest absolute Gasteiger partial charge is 0.257 e. The van der Waals surface area contributed by atoms with Gasteiger partial charge >= 0.3 is 0 Å². The number of nitrogens with one attached hydrogen (secondary N) is 1. The Bertz CT molecular complexity index is 612. The Morgan fingerprint density at radius 1 is 1.21 bits per heavy atom. The Hall–Kier alpha value is -1.82. The summed E-state index contributed by atoms with van der Waals surface area (Å²) in [6, 6.07) is 2.73. The first-order chi connectivity index (χ1) is 9.11. The number of thiazole rings is 1. The molecule has 0 saturated heterocycles. The number of benzene rings is 1. The predicted octanol–water partition coefficient (Wildman–Crippen LogP) is 3.16. The molecular weight excluding hydrogens is 270 g/mol. The van der Waals surface area contributed by atoms with Crippen LogP contribution in [0.25, 0.3) is 0 Å². The average molecular weight is 280 g/mol. The number of halogens is 2. The second kappa shape index (κ2) is 4.70. The summed E-state index contributed by atoms with van der Waals surface area (Å²) in [5.74, 6) is -2.09. The van der Waals surface area contributed by atoms with Gasteiger partial charge in [-0.2, -0.15) is 0 Å². The number of carbonyl (C=O) groups is 1. The Morgan fingerprint density at radius 2 is 1.95 bits per heavy atom. The molecule has 98 valence electrons. The third kappa shape index (κ3) is 2.49. The number of hydrogen-bond donors (Lipinski definition) is 1. The van der Waals surface area contributed by atoms with Gasteiger partial charge in [0, 0.05) is 16.5 Å². The van der Waals surface area contributed by atoms with Gasteiger partial charge in [-0.3, -0.25) is 10.1 Å². The highest BCUT2D eigenvalue weighted by atomic mass is 32.1. The van der Waals surface area contributed by atoms with Gasteiger partial charge < -0.3 is 0 Å². The third-order valence-electron chi connectivity index (χ3n) is 2.94. The molecule has 1 aromatic heterocycles. The second-order valence-corrected chi connectivity index (χ2v) is 5.44. The lowest BCUT2D eigenvalue weighted by Crippen LogP contribution is -2.12. The number of fused-ring (bicyclic) bond motifs is 1. The molecule has 0 unspecified atom stereocenters. The van der Waals surface area contributed by atoms with Gasteiger partial charge in [-0.1, -0.05) is 0 Å². The molecule has 0 saturated carbocycles. The lowest BCUT2D eigenvalue weighted by molar-refractivity contribution is 0.102. The van der Waals surface area contributed by atoms with Crippen LogP contribution in [-0.4, -0.2) is 10.9 Å². The summed E-state index contributed by atoms with van der Waals surface area (Å²) >= 11 is 1.42. The Morgan fingerprint density at radius 3 is 2.63 bits per heavy atom. The molecule has 1 aliphatic carbocycles. The van der Waals surface area contributed by atoms with Crippen molar-refractivity contribution >= 4 is 22.4 Å². The molecule has 2 aromatic rings. The lowest BCUT2D eigenvalue weighted by atomic mass is 10.2. The van der Waals surface area contributed by atoms with Crippen molar-refractivity contribution in [2.75, 3.05) is 5.32 Å². The van der Waals surface area contributed by atoms with Crippen molar-refractivity contribution < 1.29 is 13.6 Å². The van der Waals surface area contributed by atoms with Gasteiger partial charge in [-0.05, 0) is 31.4 Å². The summed E-state index contributed by atoms with van der Waals surface area (Å²) in [4.78, 5) is 17.3. The van der Waals surface area contributed by atoms with Crippen molar-refractivity contribution in [3.8, 4) is 0 Å². The van der Waals surface area contributed by atoms with Gasteiger partial charge in [0.1, 0.15) is 11.6 Å². The molecule has 1 aromatic carbocycles. The van der Waals surface area contributed by atoms with Gasteiger partial charge in [0.25, 0.3) is 5.91 Å². The highest BCUT2D eigenvalue weighted by Gasteiger charge is 2.18. The minimum Gasteiger partial charge on any atom is -0.298 e. The van der Waals surface area contributed by atoms with E-state index in [1.165, 1.54) is 16.2 Å². The Labute approximate surface area is 112 Å². The predicted molar refractivity (Wildman–Crippen MR) is 68.5 cm³/mol. The molecule has 0 radical (unpaired) electrons. The molecule has 6 heteroatoms. The van der Waals surface area contributed by atoms with Crippen LogP contribution >= 0.6 is 11.3 Å². The van der Waals surface area contributed by atoms with Crippen molar-refractivity contribution in [3.05, 3.63) is 46.0 Å². The number of nitrogens with zero attached hydrogens (tertiary/aromatic N) is 1. The standard InChI is InChI=1S/C13H10F2N2OS/c14-8-4-7(5-9(15)6-8)12(18)17-13-16-10-2-1-3-11(10)19-13/h4-6H,1-3H2,(H,16,17,18). The van der Waals surface area contributed by atoms with Gasteiger partial charge in [0.05, 0.1) is 5.69 Å². The number of rotatable bonds is 2. The zero-order chi connectivity index (χ0) is 13.4. The molecule has 1 N–H and O–H groups in total. The monoisotopic (exact) mass is 280 g/mol. The van der Waals surface area contributed by atoms with Crippen LogP contribution in [0.2, 0.25) is 0 Å². The fraction of sp³-hybridized carbons (Fsp3) is 0.231. The molecule has 1 aliphatic rings. The van der Waals surface area contributed by atoms with E-state index in [1.54, 1.807) is 0 Å².